The van der Waals surface area contributed by atoms with Gasteiger partial charge in [0.2, 0.25) is 0 Å². The second kappa shape index (κ2) is 6.54. The van der Waals surface area contributed by atoms with E-state index >= 15 is 0 Å². The fraction of sp³-hybridized carbons (Fsp3) is 0.524. The number of aryl methyl sites for hydroxylation is 1. The van der Waals surface area contributed by atoms with Crippen LogP contribution in [0.4, 0.5) is 0 Å². The summed E-state index contributed by atoms with van der Waals surface area (Å²) in [7, 11) is 0. The fourth-order valence-electron chi connectivity index (χ4n) is 3.94. The van der Waals surface area contributed by atoms with E-state index in [0.29, 0.717) is 12.5 Å². The van der Waals surface area contributed by atoms with Crippen molar-refractivity contribution in [1.29, 1.82) is 0 Å². The van der Waals surface area contributed by atoms with Crippen LogP contribution in [0, 0.1) is 13.0 Å². The lowest BCUT2D eigenvalue weighted by atomic mass is 9.77. The predicted octanol–water partition coefficient (Wildman–Crippen LogP) is 4.36. The molecule has 1 heterocycles. The van der Waals surface area contributed by atoms with Crippen molar-refractivity contribution in [2.45, 2.75) is 71.3 Å². The number of benzene rings is 1. The largest absolute Gasteiger partial charge is 0.269 e. The van der Waals surface area contributed by atoms with E-state index in [0.717, 1.165) is 5.56 Å². The van der Waals surface area contributed by atoms with E-state index in [1.165, 1.54) is 42.4 Å². The summed E-state index contributed by atoms with van der Waals surface area (Å²) in [6.45, 7) is 9.13. The van der Waals surface area contributed by atoms with Gasteiger partial charge in [-0.2, -0.15) is 5.10 Å². The zero-order valence-electron chi connectivity index (χ0n) is 15.2. The van der Waals surface area contributed by atoms with Crippen molar-refractivity contribution in [3.8, 4) is 0 Å². The first-order valence-electron chi connectivity index (χ1n) is 8.94. The minimum absolute atomic E-state index is 0.00684. The Morgan fingerprint density at radius 1 is 1.25 bits per heavy atom. The second-order valence-corrected chi connectivity index (χ2v) is 8.00. The SMILES string of the molecule is Cc1ccnn(Cc2cc[c]c(C3CCCC3)c2C(C)(C)C)c1=O. The van der Waals surface area contributed by atoms with E-state index in [1.54, 1.807) is 16.9 Å². The summed E-state index contributed by atoms with van der Waals surface area (Å²) in [5, 5.41) is 4.28. The lowest BCUT2D eigenvalue weighted by Crippen LogP contribution is -2.27. The second-order valence-electron chi connectivity index (χ2n) is 8.00. The molecule has 1 aliphatic rings. The van der Waals surface area contributed by atoms with E-state index in [1.807, 2.05) is 13.0 Å². The van der Waals surface area contributed by atoms with Crippen molar-refractivity contribution >= 4 is 0 Å². The van der Waals surface area contributed by atoms with E-state index in [9.17, 15) is 4.79 Å². The molecule has 3 nitrogen and oxygen atoms in total. The van der Waals surface area contributed by atoms with Gasteiger partial charge in [-0.25, -0.2) is 4.68 Å². The van der Waals surface area contributed by atoms with E-state index < -0.39 is 0 Å². The number of rotatable bonds is 3. The highest BCUT2D eigenvalue weighted by atomic mass is 16.1. The third-order valence-electron chi connectivity index (χ3n) is 5.05. The molecule has 24 heavy (non-hydrogen) atoms. The van der Waals surface area contributed by atoms with Crippen molar-refractivity contribution in [1.82, 2.24) is 9.78 Å². The summed E-state index contributed by atoms with van der Waals surface area (Å²) in [5.74, 6) is 0.612. The summed E-state index contributed by atoms with van der Waals surface area (Å²) in [4.78, 5) is 12.4. The van der Waals surface area contributed by atoms with Gasteiger partial charge in [0, 0.05) is 11.8 Å². The maximum Gasteiger partial charge on any atom is 0.269 e. The molecule has 1 saturated carbocycles. The third kappa shape index (κ3) is 3.31. The van der Waals surface area contributed by atoms with Crippen molar-refractivity contribution in [2.24, 2.45) is 0 Å². The van der Waals surface area contributed by atoms with Crippen LogP contribution in [0.5, 0.6) is 0 Å². The van der Waals surface area contributed by atoms with Gasteiger partial charge in [0.1, 0.15) is 0 Å². The molecule has 2 aromatic rings. The van der Waals surface area contributed by atoms with Gasteiger partial charge in [0.05, 0.1) is 6.54 Å². The first-order valence-corrected chi connectivity index (χ1v) is 8.94. The highest BCUT2D eigenvalue weighted by Crippen LogP contribution is 2.40. The normalized spacial score (nSPS) is 15.8. The van der Waals surface area contributed by atoms with Crippen LogP contribution in [0.2, 0.25) is 0 Å². The Morgan fingerprint density at radius 3 is 2.62 bits per heavy atom. The molecule has 1 aromatic heterocycles. The van der Waals surface area contributed by atoms with Gasteiger partial charge in [0.15, 0.2) is 0 Å². The Balaban J connectivity index is 2.08. The van der Waals surface area contributed by atoms with E-state index in [-0.39, 0.29) is 11.0 Å². The predicted molar refractivity (Wildman–Crippen MR) is 97.5 cm³/mol. The minimum atomic E-state index is -0.00684. The molecule has 0 unspecified atom stereocenters. The first kappa shape index (κ1) is 16.9. The maximum absolute atomic E-state index is 12.4. The van der Waals surface area contributed by atoms with Crippen LogP contribution >= 0.6 is 0 Å². The fourth-order valence-corrected chi connectivity index (χ4v) is 3.94. The topological polar surface area (TPSA) is 34.9 Å². The molecule has 0 spiro atoms. The molecule has 0 atom stereocenters. The Bertz CT molecular complexity index is 777. The zero-order valence-corrected chi connectivity index (χ0v) is 15.2. The molecule has 1 aromatic carbocycles. The Morgan fingerprint density at radius 2 is 1.96 bits per heavy atom. The molecule has 0 aliphatic heterocycles. The van der Waals surface area contributed by atoms with Crippen molar-refractivity contribution in [3.05, 3.63) is 63.1 Å². The standard InChI is InChI=1S/C21H27N2O/c1-15-12-13-22-23(20(15)24)14-17-10-7-11-18(16-8-5-6-9-16)19(17)21(2,3)4/h7,10,12-13,16H,5-6,8-9,14H2,1-4H3. The average Bonchev–Trinajstić information content (AvgIpc) is 3.05. The molecule has 3 rings (SSSR count). The molecule has 1 radical (unpaired) electrons. The summed E-state index contributed by atoms with van der Waals surface area (Å²) in [6, 6.07) is 9.43. The monoisotopic (exact) mass is 323 g/mol. The van der Waals surface area contributed by atoms with Gasteiger partial charge in [0.25, 0.3) is 5.56 Å². The molecule has 127 valence electrons. The quantitative estimate of drug-likeness (QED) is 0.841. The lowest BCUT2D eigenvalue weighted by Gasteiger charge is -2.29. The number of nitrogens with zero attached hydrogens (tertiary/aromatic N) is 2. The number of hydrogen-bond donors (Lipinski definition) is 0. The van der Waals surface area contributed by atoms with Crippen molar-refractivity contribution in [3.63, 3.8) is 0 Å². The van der Waals surface area contributed by atoms with Gasteiger partial charge in [-0.05, 0) is 59.9 Å². The highest BCUT2D eigenvalue weighted by Gasteiger charge is 2.27. The van der Waals surface area contributed by atoms with Crippen molar-refractivity contribution < 1.29 is 0 Å². The van der Waals surface area contributed by atoms with Crippen LogP contribution in [0.1, 0.15) is 74.6 Å². The van der Waals surface area contributed by atoms with Gasteiger partial charge in [-0.1, -0.05) is 45.7 Å². The summed E-state index contributed by atoms with van der Waals surface area (Å²) < 4.78 is 1.58. The maximum atomic E-state index is 12.4. The van der Waals surface area contributed by atoms with E-state index in [2.05, 4.69) is 38.0 Å². The van der Waals surface area contributed by atoms with Crippen LogP contribution in [0.25, 0.3) is 0 Å². The summed E-state index contributed by atoms with van der Waals surface area (Å²) in [5.41, 5.74) is 4.67. The average molecular weight is 323 g/mol. The van der Waals surface area contributed by atoms with Crippen LogP contribution in [-0.2, 0) is 12.0 Å². The van der Waals surface area contributed by atoms with Crippen LogP contribution in [-0.4, -0.2) is 9.78 Å². The molecule has 1 aliphatic carbocycles. The Kier molecular flexibility index (Phi) is 4.62. The molecule has 3 heteroatoms. The van der Waals surface area contributed by atoms with Crippen LogP contribution in [0.3, 0.4) is 0 Å². The van der Waals surface area contributed by atoms with Crippen LogP contribution < -0.4 is 5.56 Å². The smallest absolute Gasteiger partial charge is 0.268 e. The Labute approximate surface area is 144 Å². The molecule has 0 amide bonds. The molecule has 0 saturated heterocycles. The lowest BCUT2D eigenvalue weighted by molar-refractivity contribution is 0.547. The van der Waals surface area contributed by atoms with Gasteiger partial charge in [-0.3, -0.25) is 4.79 Å². The molecule has 1 fully saturated rings. The summed E-state index contributed by atoms with van der Waals surface area (Å²) >= 11 is 0. The molecule has 0 N–H and O–H groups in total. The highest BCUT2D eigenvalue weighted by molar-refractivity contribution is 5.42. The Hall–Kier alpha value is -1.90. The molecular formula is C21H27N2O. The van der Waals surface area contributed by atoms with Gasteiger partial charge >= 0.3 is 0 Å². The van der Waals surface area contributed by atoms with E-state index in [4.69, 9.17) is 0 Å². The first-order chi connectivity index (χ1) is 11.4. The van der Waals surface area contributed by atoms with Crippen LogP contribution in [0.15, 0.2) is 29.2 Å². The molecular weight excluding hydrogens is 296 g/mol. The molecule has 0 bridgehead atoms. The van der Waals surface area contributed by atoms with Gasteiger partial charge < -0.3 is 0 Å². The number of hydrogen-bond acceptors (Lipinski definition) is 2. The number of aromatic nitrogens is 2. The van der Waals surface area contributed by atoms with Gasteiger partial charge in [-0.15, -0.1) is 0 Å². The third-order valence-corrected chi connectivity index (χ3v) is 5.05. The minimum Gasteiger partial charge on any atom is -0.268 e. The summed E-state index contributed by atoms with van der Waals surface area (Å²) in [6.07, 6.45) is 6.84. The zero-order chi connectivity index (χ0) is 17.3. The van der Waals surface area contributed by atoms with Crippen molar-refractivity contribution in [2.75, 3.05) is 0 Å².